The highest BCUT2D eigenvalue weighted by Crippen LogP contribution is 2.69. The Morgan fingerprint density at radius 3 is 1.88 bits per heavy atom. The van der Waals surface area contributed by atoms with E-state index in [-0.39, 0.29) is 5.56 Å². The number of hydrogen-bond donors (Lipinski definition) is 0. The summed E-state index contributed by atoms with van der Waals surface area (Å²) < 4.78 is 92.7. The Labute approximate surface area is 194 Å². The van der Waals surface area contributed by atoms with Crippen LogP contribution in [0.2, 0.25) is 0 Å². The summed E-state index contributed by atoms with van der Waals surface area (Å²) in [7, 11) is 0. The minimum atomic E-state index is -5.47. The van der Waals surface area contributed by atoms with E-state index in [1.807, 2.05) is 6.07 Å². The maximum atomic E-state index is 15.4. The first-order valence-corrected chi connectivity index (χ1v) is 12.1. The first kappa shape index (κ1) is 22.7. The van der Waals surface area contributed by atoms with Crippen LogP contribution in [0.3, 0.4) is 0 Å². The van der Waals surface area contributed by atoms with Crippen LogP contribution < -0.4 is 0 Å². The fraction of sp³-hybridized carbons (Fsp3) is 0.360. The van der Waals surface area contributed by atoms with Gasteiger partial charge in [-0.05, 0) is 53.8 Å². The molecule has 3 unspecified atom stereocenters. The maximum Gasteiger partial charge on any atom is 0.372 e. The van der Waals surface area contributed by atoms with Crippen molar-refractivity contribution in [2.45, 2.75) is 50.4 Å². The van der Waals surface area contributed by atoms with Gasteiger partial charge in [0.15, 0.2) is 0 Å². The van der Waals surface area contributed by atoms with Gasteiger partial charge in [0.25, 0.3) is 0 Å². The van der Waals surface area contributed by atoms with Crippen molar-refractivity contribution < 1.29 is 26.3 Å². The third-order valence-corrected chi connectivity index (χ3v) is 9.15. The Bertz CT molecular complexity index is 1370. The summed E-state index contributed by atoms with van der Waals surface area (Å²) >= 11 is 2.51. The van der Waals surface area contributed by atoms with E-state index in [1.54, 1.807) is 49.4 Å². The fourth-order valence-electron chi connectivity index (χ4n) is 5.53. The highest BCUT2D eigenvalue weighted by atomic mass is 32.1. The molecule has 1 fully saturated rings. The van der Waals surface area contributed by atoms with Crippen LogP contribution in [0.1, 0.15) is 39.6 Å². The molecule has 33 heavy (non-hydrogen) atoms. The number of rotatable bonds is 3. The van der Waals surface area contributed by atoms with E-state index >= 15 is 17.6 Å². The van der Waals surface area contributed by atoms with Crippen molar-refractivity contribution in [1.82, 2.24) is 0 Å². The van der Waals surface area contributed by atoms with Crippen molar-refractivity contribution in [1.29, 1.82) is 0 Å². The first-order chi connectivity index (χ1) is 15.4. The molecule has 0 amide bonds. The predicted molar refractivity (Wildman–Crippen MR) is 123 cm³/mol. The quantitative estimate of drug-likeness (QED) is 0.247. The summed E-state index contributed by atoms with van der Waals surface area (Å²) in [5.41, 5.74) is 0.349. The molecule has 5 rings (SSSR count). The summed E-state index contributed by atoms with van der Waals surface area (Å²) in [6, 6.07) is 13.6. The number of aryl methyl sites for hydroxylation is 2. The second kappa shape index (κ2) is 7.22. The summed E-state index contributed by atoms with van der Waals surface area (Å²) in [4.78, 5) is 1.03. The molecule has 1 aliphatic carbocycles. The molecule has 0 spiro atoms. The Kier molecular flexibility index (Phi) is 4.97. The molecule has 0 nitrogen and oxygen atoms in total. The molecule has 0 saturated heterocycles. The zero-order valence-corrected chi connectivity index (χ0v) is 19.6. The smallest absolute Gasteiger partial charge is 0.199 e. The van der Waals surface area contributed by atoms with Crippen LogP contribution in [-0.2, 0) is 0 Å². The lowest BCUT2D eigenvalue weighted by atomic mass is 9.74. The Morgan fingerprint density at radius 1 is 0.727 bits per heavy atom. The number of alkyl halides is 6. The van der Waals surface area contributed by atoms with Gasteiger partial charge in [0.2, 0.25) is 0 Å². The largest absolute Gasteiger partial charge is 0.372 e. The van der Waals surface area contributed by atoms with Gasteiger partial charge in [-0.3, -0.25) is 0 Å². The van der Waals surface area contributed by atoms with E-state index < -0.39 is 35.5 Å². The Morgan fingerprint density at radius 2 is 1.24 bits per heavy atom. The van der Waals surface area contributed by atoms with Crippen molar-refractivity contribution in [2.24, 2.45) is 5.92 Å². The van der Waals surface area contributed by atoms with E-state index in [0.717, 1.165) is 16.0 Å². The summed E-state index contributed by atoms with van der Waals surface area (Å²) in [5, 5.41) is 0.981. The summed E-state index contributed by atoms with van der Waals surface area (Å²) in [6.07, 6.45) is 0. The van der Waals surface area contributed by atoms with Gasteiger partial charge in [-0.25, -0.2) is 0 Å². The van der Waals surface area contributed by atoms with E-state index in [4.69, 9.17) is 0 Å². The molecule has 2 heterocycles. The van der Waals surface area contributed by atoms with Crippen molar-refractivity contribution in [3.05, 3.63) is 69.4 Å². The van der Waals surface area contributed by atoms with Crippen LogP contribution in [0, 0.1) is 19.8 Å². The highest BCUT2D eigenvalue weighted by molar-refractivity contribution is 7.19. The molecule has 0 aliphatic heterocycles. The molecule has 1 saturated carbocycles. The molecule has 174 valence electrons. The second-order valence-electron chi connectivity index (χ2n) is 8.75. The van der Waals surface area contributed by atoms with E-state index in [1.165, 1.54) is 25.2 Å². The molecule has 8 heteroatoms. The van der Waals surface area contributed by atoms with Crippen LogP contribution in [-0.4, -0.2) is 17.8 Å². The van der Waals surface area contributed by atoms with Gasteiger partial charge >= 0.3 is 17.8 Å². The SMILES string of the molecule is Cc1sc2ccccc2c1C(C)C1C(c2c(C)sc3ccccc23)C(F)(F)C(F)(F)C1(F)F. The van der Waals surface area contributed by atoms with Gasteiger partial charge in [0.1, 0.15) is 0 Å². The Hall–Kier alpha value is -2.06. The zero-order valence-electron chi connectivity index (χ0n) is 17.9. The van der Waals surface area contributed by atoms with Crippen molar-refractivity contribution >= 4 is 42.8 Å². The number of fused-ring (bicyclic) bond motifs is 2. The van der Waals surface area contributed by atoms with Gasteiger partial charge in [-0.1, -0.05) is 43.3 Å². The van der Waals surface area contributed by atoms with Crippen LogP contribution in [0.4, 0.5) is 26.3 Å². The highest BCUT2D eigenvalue weighted by Gasteiger charge is 2.85. The lowest BCUT2D eigenvalue weighted by Crippen LogP contribution is -2.48. The van der Waals surface area contributed by atoms with Crippen molar-refractivity contribution in [3.8, 4) is 0 Å². The van der Waals surface area contributed by atoms with Crippen molar-refractivity contribution in [3.63, 3.8) is 0 Å². The molecule has 2 aromatic carbocycles. The van der Waals surface area contributed by atoms with E-state index in [0.29, 0.717) is 30.8 Å². The minimum absolute atomic E-state index is 0.0912. The van der Waals surface area contributed by atoms with Gasteiger partial charge < -0.3 is 0 Å². The molecule has 0 bridgehead atoms. The number of benzene rings is 2. The summed E-state index contributed by atoms with van der Waals surface area (Å²) in [6.45, 7) is 4.65. The normalized spacial score (nSPS) is 24.5. The predicted octanol–water partition coefficient (Wildman–Crippen LogP) is 9.16. The van der Waals surface area contributed by atoms with Gasteiger partial charge in [0.05, 0.1) is 5.92 Å². The third-order valence-electron chi connectivity index (χ3n) is 6.95. The minimum Gasteiger partial charge on any atom is -0.199 e. The van der Waals surface area contributed by atoms with Crippen LogP contribution in [0.5, 0.6) is 0 Å². The van der Waals surface area contributed by atoms with Gasteiger partial charge in [-0.2, -0.15) is 26.3 Å². The van der Waals surface area contributed by atoms with Gasteiger partial charge in [0, 0.05) is 25.1 Å². The molecule has 0 radical (unpaired) electrons. The lowest BCUT2D eigenvalue weighted by molar-refractivity contribution is -0.278. The number of halogens is 6. The lowest BCUT2D eigenvalue weighted by Gasteiger charge is -2.31. The fourth-order valence-corrected chi connectivity index (χ4v) is 7.81. The van der Waals surface area contributed by atoms with Gasteiger partial charge in [-0.15, -0.1) is 22.7 Å². The van der Waals surface area contributed by atoms with Crippen LogP contribution in [0.15, 0.2) is 48.5 Å². The standard InChI is InChI=1S/C25H20F6S2/c1-12(19-13(2)32-17-10-6-4-8-15(17)19)21-22(24(28,29)25(30,31)23(21,26)27)20-14(3)33-18-11-7-5-9-16(18)20/h4-12,21-22H,1-3H3. The molecular formula is C25H20F6S2. The van der Waals surface area contributed by atoms with Crippen LogP contribution >= 0.6 is 22.7 Å². The first-order valence-electron chi connectivity index (χ1n) is 10.5. The molecule has 4 aromatic rings. The molecular weight excluding hydrogens is 478 g/mol. The van der Waals surface area contributed by atoms with E-state index in [9.17, 15) is 8.78 Å². The maximum absolute atomic E-state index is 15.4. The summed E-state index contributed by atoms with van der Waals surface area (Å²) in [5.74, 6) is -21.1. The number of thiophene rings is 2. The van der Waals surface area contributed by atoms with Crippen LogP contribution in [0.25, 0.3) is 20.2 Å². The Balaban J connectivity index is 1.79. The zero-order chi connectivity index (χ0) is 23.9. The average Bonchev–Trinajstić information content (AvgIpc) is 3.28. The average molecular weight is 499 g/mol. The molecule has 0 N–H and O–H groups in total. The topological polar surface area (TPSA) is 0 Å². The number of hydrogen-bond acceptors (Lipinski definition) is 2. The monoisotopic (exact) mass is 498 g/mol. The molecule has 1 aliphatic rings. The van der Waals surface area contributed by atoms with Crippen molar-refractivity contribution in [2.75, 3.05) is 0 Å². The second-order valence-corrected chi connectivity index (χ2v) is 11.3. The molecule has 3 atom stereocenters. The molecule has 2 aromatic heterocycles. The third kappa shape index (κ3) is 2.89. The van der Waals surface area contributed by atoms with E-state index in [2.05, 4.69) is 0 Å².